The third kappa shape index (κ3) is 5.19. The van der Waals surface area contributed by atoms with E-state index in [4.69, 9.17) is 16.3 Å². The van der Waals surface area contributed by atoms with Crippen LogP contribution in [0.3, 0.4) is 0 Å². The van der Waals surface area contributed by atoms with Crippen LogP contribution >= 0.6 is 23.4 Å². The van der Waals surface area contributed by atoms with Crippen molar-refractivity contribution < 1.29 is 14.3 Å². The number of amides is 1. The molecular weight excluding hydrogens is 448 g/mol. The first kappa shape index (κ1) is 21.7. The molecule has 3 aromatic carbocycles. The van der Waals surface area contributed by atoms with Gasteiger partial charge in [0, 0.05) is 31.8 Å². The number of benzene rings is 3. The van der Waals surface area contributed by atoms with Gasteiger partial charge in [-0.1, -0.05) is 53.7 Å². The molecule has 160 valence electrons. The van der Waals surface area contributed by atoms with Crippen molar-refractivity contribution in [1.29, 1.82) is 0 Å². The number of anilines is 1. The number of ether oxygens (including phenoxy) is 1. The molecule has 0 aliphatic carbocycles. The third-order valence-corrected chi connectivity index (χ3v) is 5.84. The van der Waals surface area contributed by atoms with Gasteiger partial charge in [-0.15, -0.1) is 0 Å². The zero-order chi connectivity index (χ0) is 22.5. The van der Waals surface area contributed by atoms with Crippen molar-refractivity contribution in [1.82, 2.24) is 4.98 Å². The molecular formula is C24H17ClN2O4S. The Balaban J connectivity index is 1.43. The van der Waals surface area contributed by atoms with Crippen LogP contribution < -0.4 is 10.9 Å². The Labute approximate surface area is 192 Å². The quantitative estimate of drug-likeness (QED) is 0.386. The summed E-state index contributed by atoms with van der Waals surface area (Å²) in [5.41, 5.74) is 0.795. The van der Waals surface area contributed by atoms with Crippen LogP contribution in [0.5, 0.6) is 0 Å². The molecule has 0 saturated heterocycles. The van der Waals surface area contributed by atoms with Gasteiger partial charge in [-0.3, -0.25) is 9.59 Å². The molecule has 4 rings (SSSR count). The number of aromatic amines is 1. The van der Waals surface area contributed by atoms with Gasteiger partial charge in [0.2, 0.25) is 5.56 Å². The smallest absolute Gasteiger partial charge is 0.339 e. The molecule has 0 bridgehead atoms. The lowest BCUT2D eigenvalue weighted by atomic mass is 10.1. The maximum atomic E-state index is 12.5. The molecule has 32 heavy (non-hydrogen) atoms. The summed E-state index contributed by atoms with van der Waals surface area (Å²) < 4.78 is 5.17. The normalized spacial score (nSPS) is 10.7. The third-order valence-electron chi connectivity index (χ3n) is 4.51. The van der Waals surface area contributed by atoms with E-state index in [1.54, 1.807) is 48.5 Å². The van der Waals surface area contributed by atoms with E-state index in [1.807, 2.05) is 24.3 Å². The average molecular weight is 465 g/mol. The van der Waals surface area contributed by atoms with Gasteiger partial charge in [-0.25, -0.2) is 4.79 Å². The molecule has 0 aliphatic heterocycles. The maximum Gasteiger partial charge on any atom is 0.339 e. The van der Waals surface area contributed by atoms with E-state index in [-0.39, 0.29) is 5.56 Å². The van der Waals surface area contributed by atoms with E-state index in [0.717, 1.165) is 9.79 Å². The molecule has 1 aromatic heterocycles. The molecule has 0 aliphatic rings. The standard InChI is InChI=1S/C24H17ClN2O4S/c25-15-9-11-16(12-10-15)32-21-8-4-3-7-20(21)27-23(29)14-31-24(30)18-13-22(28)26-19-6-2-1-5-17(18)19/h1-13H,14H2,(H,26,28)(H,27,29). The second-order valence-corrected chi connectivity index (χ2v) is 8.32. The van der Waals surface area contributed by atoms with Crippen molar-refractivity contribution in [3.05, 3.63) is 99.8 Å². The number of para-hydroxylation sites is 2. The summed E-state index contributed by atoms with van der Waals surface area (Å²) in [6, 6.07) is 22.7. The lowest BCUT2D eigenvalue weighted by Crippen LogP contribution is -2.22. The van der Waals surface area contributed by atoms with Crippen LogP contribution in [0.1, 0.15) is 10.4 Å². The minimum Gasteiger partial charge on any atom is -0.452 e. The SMILES string of the molecule is O=C(COC(=O)c1cc(=O)[nH]c2ccccc12)Nc1ccccc1Sc1ccc(Cl)cc1. The van der Waals surface area contributed by atoms with Gasteiger partial charge in [0.25, 0.3) is 5.91 Å². The Bertz CT molecular complexity index is 1350. The number of hydrogen-bond acceptors (Lipinski definition) is 5. The number of hydrogen-bond donors (Lipinski definition) is 2. The molecule has 1 heterocycles. The maximum absolute atomic E-state index is 12.5. The molecule has 0 fully saturated rings. The molecule has 2 N–H and O–H groups in total. The molecule has 6 nitrogen and oxygen atoms in total. The van der Waals surface area contributed by atoms with Crippen molar-refractivity contribution >= 4 is 51.8 Å². The largest absolute Gasteiger partial charge is 0.452 e. The number of rotatable bonds is 6. The minimum absolute atomic E-state index is 0.107. The van der Waals surface area contributed by atoms with Gasteiger partial charge in [-0.2, -0.15) is 0 Å². The van der Waals surface area contributed by atoms with Crippen LogP contribution in [-0.2, 0) is 9.53 Å². The van der Waals surface area contributed by atoms with E-state index in [2.05, 4.69) is 10.3 Å². The molecule has 8 heteroatoms. The summed E-state index contributed by atoms with van der Waals surface area (Å²) in [5, 5.41) is 3.95. The molecule has 0 spiro atoms. The highest BCUT2D eigenvalue weighted by molar-refractivity contribution is 7.99. The molecule has 4 aromatic rings. The second kappa shape index (κ2) is 9.72. The average Bonchev–Trinajstić information content (AvgIpc) is 2.79. The Morgan fingerprint density at radius 2 is 1.69 bits per heavy atom. The summed E-state index contributed by atoms with van der Waals surface area (Å²) in [6.07, 6.45) is 0. The van der Waals surface area contributed by atoms with Crippen LogP contribution in [0.4, 0.5) is 5.69 Å². The van der Waals surface area contributed by atoms with Crippen LogP contribution in [0.15, 0.2) is 93.4 Å². The van der Waals surface area contributed by atoms with Crippen LogP contribution in [0.2, 0.25) is 5.02 Å². The Morgan fingerprint density at radius 3 is 2.50 bits per heavy atom. The Hall–Kier alpha value is -3.55. The summed E-state index contributed by atoms with van der Waals surface area (Å²) in [4.78, 5) is 41.3. The fourth-order valence-electron chi connectivity index (χ4n) is 3.06. The zero-order valence-corrected chi connectivity index (χ0v) is 18.2. The van der Waals surface area contributed by atoms with Crippen molar-refractivity contribution in [3.8, 4) is 0 Å². The number of aromatic nitrogens is 1. The first-order valence-corrected chi connectivity index (χ1v) is 10.8. The number of nitrogens with one attached hydrogen (secondary N) is 2. The lowest BCUT2D eigenvalue weighted by molar-refractivity contribution is -0.119. The number of carbonyl (C=O) groups excluding carboxylic acids is 2. The van der Waals surface area contributed by atoms with E-state index in [1.165, 1.54) is 17.8 Å². The van der Waals surface area contributed by atoms with Gasteiger partial charge in [0.1, 0.15) is 0 Å². The van der Waals surface area contributed by atoms with E-state index >= 15 is 0 Å². The van der Waals surface area contributed by atoms with E-state index < -0.39 is 24.0 Å². The number of esters is 1. The molecule has 0 radical (unpaired) electrons. The van der Waals surface area contributed by atoms with Crippen LogP contribution in [0, 0.1) is 0 Å². The molecule has 0 unspecified atom stereocenters. The fourth-order valence-corrected chi connectivity index (χ4v) is 4.08. The lowest BCUT2D eigenvalue weighted by Gasteiger charge is -2.11. The molecule has 0 atom stereocenters. The monoisotopic (exact) mass is 464 g/mol. The van der Waals surface area contributed by atoms with E-state index in [9.17, 15) is 14.4 Å². The predicted octanol–water partition coefficient (Wildman–Crippen LogP) is 5.13. The Kier molecular flexibility index (Phi) is 6.58. The van der Waals surface area contributed by atoms with Gasteiger partial charge in [-0.05, 0) is 42.5 Å². The topological polar surface area (TPSA) is 88.3 Å². The summed E-state index contributed by atoms with van der Waals surface area (Å²) in [6.45, 7) is -0.486. The van der Waals surface area contributed by atoms with Gasteiger partial charge < -0.3 is 15.0 Å². The fraction of sp³-hybridized carbons (Fsp3) is 0.0417. The summed E-state index contributed by atoms with van der Waals surface area (Å²) in [5.74, 6) is -1.23. The highest BCUT2D eigenvalue weighted by atomic mass is 35.5. The highest BCUT2D eigenvalue weighted by Crippen LogP contribution is 2.33. The Morgan fingerprint density at radius 1 is 0.969 bits per heavy atom. The number of fused-ring (bicyclic) bond motifs is 1. The van der Waals surface area contributed by atoms with Crippen molar-refractivity contribution in [2.24, 2.45) is 0 Å². The number of pyridine rings is 1. The summed E-state index contributed by atoms with van der Waals surface area (Å²) in [7, 11) is 0. The molecule has 1 amide bonds. The number of carbonyl (C=O) groups is 2. The van der Waals surface area contributed by atoms with Crippen LogP contribution in [0.25, 0.3) is 10.9 Å². The number of H-pyrrole nitrogens is 1. The second-order valence-electron chi connectivity index (χ2n) is 6.77. The highest BCUT2D eigenvalue weighted by Gasteiger charge is 2.15. The first-order valence-electron chi connectivity index (χ1n) is 9.61. The van der Waals surface area contributed by atoms with Crippen molar-refractivity contribution in [2.75, 3.05) is 11.9 Å². The minimum atomic E-state index is -0.744. The van der Waals surface area contributed by atoms with Crippen molar-refractivity contribution in [2.45, 2.75) is 9.79 Å². The van der Waals surface area contributed by atoms with Gasteiger partial charge >= 0.3 is 5.97 Å². The van der Waals surface area contributed by atoms with E-state index in [0.29, 0.717) is 21.6 Å². The number of halogens is 1. The van der Waals surface area contributed by atoms with Gasteiger partial charge in [0.05, 0.1) is 11.3 Å². The molecule has 0 saturated carbocycles. The predicted molar refractivity (Wildman–Crippen MR) is 125 cm³/mol. The zero-order valence-electron chi connectivity index (χ0n) is 16.6. The van der Waals surface area contributed by atoms with Crippen LogP contribution in [-0.4, -0.2) is 23.5 Å². The van der Waals surface area contributed by atoms with Crippen molar-refractivity contribution in [3.63, 3.8) is 0 Å². The summed E-state index contributed by atoms with van der Waals surface area (Å²) >= 11 is 7.40. The first-order chi connectivity index (χ1) is 15.5. The van der Waals surface area contributed by atoms with Gasteiger partial charge in [0.15, 0.2) is 6.61 Å².